The molecule has 5 nitrogen and oxygen atoms in total. The van der Waals surface area contributed by atoms with Gasteiger partial charge in [-0.25, -0.2) is 4.98 Å². The number of nitrogens with zero attached hydrogens (tertiary/aromatic N) is 4. The average molecular weight is 487 g/mol. The van der Waals surface area contributed by atoms with Gasteiger partial charge in [-0.1, -0.05) is 0 Å². The van der Waals surface area contributed by atoms with Crippen LogP contribution in [-0.2, 0) is 32.9 Å². The first kappa shape index (κ1) is 21.2. The largest absolute Gasteiger partial charge is 0.356 e. The SMILES string of the molecule is CN=C(NCCCc1nc2c(s1)CCCC2)N(C)Cc1cccn1C.I. The minimum atomic E-state index is 0. The predicted molar refractivity (Wildman–Crippen MR) is 121 cm³/mol. The van der Waals surface area contributed by atoms with Gasteiger partial charge in [-0.05, 0) is 44.2 Å². The van der Waals surface area contributed by atoms with Crippen LogP contribution in [0, 0.1) is 0 Å². The van der Waals surface area contributed by atoms with Crippen molar-refractivity contribution in [2.24, 2.45) is 12.0 Å². The first-order chi connectivity index (χ1) is 12.2. The lowest BCUT2D eigenvalue weighted by atomic mass is 10.0. The van der Waals surface area contributed by atoms with Gasteiger partial charge in [0.05, 0.1) is 17.2 Å². The molecule has 2 aromatic heterocycles. The maximum atomic E-state index is 4.83. The molecule has 0 amide bonds. The lowest BCUT2D eigenvalue weighted by Crippen LogP contribution is -2.39. The molecule has 2 heterocycles. The molecule has 0 atom stereocenters. The number of aromatic nitrogens is 2. The van der Waals surface area contributed by atoms with Gasteiger partial charge in [-0.2, -0.15) is 0 Å². The summed E-state index contributed by atoms with van der Waals surface area (Å²) in [5, 5.41) is 4.78. The van der Waals surface area contributed by atoms with Crippen LogP contribution >= 0.6 is 35.3 Å². The number of hydrogen-bond acceptors (Lipinski definition) is 3. The van der Waals surface area contributed by atoms with Crippen LogP contribution in [0.3, 0.4) is 0 Å². The van der Waals surface area contributed by atoms with Gasteiger partial charge >= 0.3 is 0 Å². The molecule has 0 aromatic carbocycles. The number of aliphatic imine (C=N–C) groups is 1. The maximum Gasteiger partial charge on any atom is 0.193 e. The third-order valence-corrected chi connectivity index (χ3v) is 5.98. The van der Waals surface area contributed by atoms with Crippen LogP contribution in [0.1, 0.15) is 40.5 Å². The lowest BCUT2D eigenvalue weighted by molar-refractivity contribution is 0.461. The normalized spacial score (nSPS) is 13.9. The number of halogens is 1. The maximum absolute atomic E-state index is 4.83. The van der Waals surface area contributed by atoms with Gasteiger partial charge in [-0.3, -0.25) is 4.99 Å². The Morgan fingerprint density at radius 3 is 2.88 bits per heavy atom. The monoisotopic (exact) mass is 487 g/mol. The zero-order chi connectivity index (χ0) is 17.6. The predicted octanol–water partition coefficient (Wildman–Crippen LogP) is 3.62. The highest BCUT2D eigenvalue weighted by molar-refractivity contribution is 14.0. The molecule has 0 unspecified atom stereocenters. The van der Waals surface area contributed by atoms with Crippen LogP contribution in [-0.4, -0.2) is 41.1 Å². The van der Waals surface area contributed by atoms with Crippen LogP contribution < -0.4 is 5.32 Å². The van der Waals surface area contributed by atoms with Gasteiger partial charge in [0.2, 0.25) is 0 Å². The van der Waals surface area contributed by atoms with Crippen molar-refractivity contribution in [1.82, 2.24) is 19.8 Å². The van der Waals surface area contributed by atoms with E-state index in [1.165, 1.54) is 47.0 Å². The second-order valence-corrected chi connectivity index (χ2v) is 7.90. The molecule has 1 N–H and O–H groups in total. The van der Waals surface area contributed by atoms with Gasteiger partial charge < -0.3 is 14.8 Å². The topological polar surface area (TPSA) is 45.5 Å². The second-order valence-electron chi connectivity index (χ2n) is 6.73. The molecule has 0 aliphatic heterocycles. The molecular weight excluding hydrogens is 457 g/mol. The van der Waals surface area contributed by atoms with E-state index < -0.39 is 0 Å². The number of hydrogen-bond donors (Lipinski definition) is 1. The summed E-state index contributed by atoms with van der Waals surface area (Å²) in [6.45, 7) is 1.77. The van der Waals surface area contributed by atoms with Crippen LogP contribution in [0.2, 0.25) is 0 Å². The number of guanidine groups is 1. The van der Waals surface area contributed by atoms with Crippen molar-refractivity contribution >= 4 is 41.3 Å². The van der Waals surface area contributed by atoms with Crippen LogP contribution in [0.5, 0.6) is 0 Å². The Kier molecular flexibility index (Phi) is 8.40. The standard InChI is InChI=1S/C19H29N5S.HI/c1-20-19(24(3)14-15-8-7-13-23(15)2)21-12-6-11-18-22-16-9-4-5-10-17(16)25-18;/h7-8,13H,4-6,9-12,14H2,1-3H3,(H,20,21);1H. The Balaban J connectivity index is 0.00000243. The Morgan fingerprint density at radius 1 is 1.38 bits per heavy atom. The lowest BCUT2D eigenvalue weighted by Gasteiger charge is -2.22. The average Bonchev–Trinajstić information content (AvgIpc) is 3.20. The van der Waals surface area contributed by atoms with Gasteiger partial charge in [0.15, 0.2) is 5.96 Å². The molecule has 0 fully saturated rings. The number of fused-ring (bicyclic) bond motifs is 1. The smallest absolute Gasteiger partial charge is 0.193 e. The zero-order valence-electron chi connectivity index (χ0n) is 16.0. The van der Waals surface area contributed by atoms with Crippen LogP contribution in [0.4, 0.5) is 0 Å². The molecule has 0 saturated heterocycles. The molecule has 0 bridgehead atoms. The van der Waals surface area contributed by atoms with Crippen molar-refractivity contribution in [1.29, 1.82) is 0 Å². The minimum absolute atomic E-state index is 0. The van der Waals surface area contributed by atoms with Crippen molar-refractivity contribution < 1.29 is 0 Å². The highest BCUT2D eigenvalue weighted by Gasteiger charge is 2.15. The van der Waals surface area contributed by atoms with Crippen molar-refractivity contribution in [2.45, 2.75) is 45.1 Å². The number of aryl methyl sites for hydroxylation is 4. The van der Waals surface area contributed by atoms with Crippen LogP contribution in [0.25, 0.3) is 0 Å². The molecule has 0 radical (unpaired) electrons. The fourth-order valence-electron chi connectivity index (χ4n) is 3.32. The molecule has 26 heavy (non-hydrogen) atoms. The number of thiazole rings is 1. The summed E-state index contributed by atoms with van der Waals surface area (Å²) in [4.78, 5) is 12.9. The van der Waals surface area contributed by atoms with Crippen molar-refractivity contribution in [3.8, 4) is 0 Å². The molecule has 1 aliphatic carbocycles. The third kappa shape index (κ3) is 5.45. The van der Waals surface area contributed by atoms with E-state index in [1.54, 1.807) is 0 Å². The summed E-state index contributed by atoms with van der Waals surface area (Å²) in [6.07, 6.45) is 9.28. The van der Waals surface area contributed by atoms with Crippen molar-refractivity contribution in [3.63, 3.8) is 0 Å². The molecule has 144 valence electrons. The van der Waals surface area contributed by atoms with Gasteiger partial charge in [0.1, 0.15) is 0 Å². The Morgan fingerprint density at radius 2 is 2.19 bits per heavy atom. The molecule has 0 spiro atoms. The molecule has 0 saturated carbocycles. The highest BCUT2D eigenvalue weighted by Crippen LogP contribution is 2.27. The van der Waals surface area contributed by atoms with E-state index in [4.69, 9.17) is 4.98 Å². The highest BCUT2D eigenvalue weighted by atomic mass is 127. The first-order valence-electron chi connectivity index (χ1n) is 9.17. The summed E-state index contributed by atoms with van der Waals surface area (Å²) in [7, 11) is 6.00. The van der Waals surface area contributed by atoms with E-state index in [1.807, 2.05) is 18.4 Å². The number of nitrogens with one attached hydrogen (secondary N) is 1. The Hall–Kier alpha value is -1.09. The van der Waals surface area contributed by atoms with E-state index in [9.17, 15) is 0 Å². The molecule has 1 aliphatic rings. The molecule has 2 aromatic rings. The van der Waals surface area contributed by atoms with Gasteiger partial charge in [0.25, 0.3) is 0 Å². The van der Waals surface area contributed by atoms with E-state index >= 15 is 0 Å². The second kappa shape index (κ2) is 10.3. The summed E-state index contributed by atoms with van der Waals surface area (Å²) in [5.41, 5.74) is 2.65. The van der Waals surface area contributed by atoms with Crippen molar-refractivity contribution in [2.75, 3.05) is 20.6 Å². The van der Waals surface area contributed by atoms with Gasteiger partial charge in [0, 0.05) is 50.9 Å². The van der Waals surface area contributed by atoms with Crippen molar-refractivity contribution in [3.05, 3.63) is 39.6 Å². The van der Waals surface area contributed by atoms with Crippen LogP contribution in [0.15, 0.2) is 23.3 Å². The third-order valence-electron chi connectivity index (χ3n) is 4.76. The van der Waals surface area contributed by atoms with E-state index in [0.717, 1.165) is 31.9 Å². The molecule has 7 heteroatoms. The van der Waals surface area contributed by atoms with Gasteiger partial charge in [-0.15, -0.1) is 35.3 Å². The molecular formula is C19H30IN5S. The van der Waals surface area contributed by atoms with E-state index in [0.29, 0.717) is 0 Å². The fraction of sp³-hybridized carbons (Fsp3) is 0.579. The van der Waals surface area contributed by atoms with E-state index in [-0.39, 0.29) is 24.0 Å². The number of rotatable bonds is 6. The Bertz CT molecular complexity index is 698. The summed E-state index contributed by atoms with van der Waals surface area (Å²) in [6, 6.07) is 4.22. The quantitative estimate of drug-likeness (QED) is 0.293. The summed E-state index contributed by atoms with van der Waals surface area (Å²) in [5.74, 6) is 0.944. The summed E-state index contributed by atoms with van der Waals surface area (Å²) < 4.78 is 2.15. The molecule has 3 rings (SSSR count). The first-order valence-corrected chi connectivity index (χ1v) is 9.98. The minimum Gasteiger partial charge on any atom is -0.356 e. The zero-order valence-corrected chi connectivity index (χ0v) is 19.1. The Labute approximate surface area is 177 Å². The fourth-order valence-corrected chi connectivity index (χ4v) is 4.51. The van der Waals surface area contributed by atoms with E-state index in [2.05, 4.69) is 52.2 Å². The summed E-state index contributed by atoms with van der Waals surface area (Å²) >= 11 is 1.93.